The summed E-state index contributed by atoms with van der Waals surface area (Å²) in [5.41, 5.74) is 8.04. The van der Waals surface area contributed by atoms with Crippen LogP contribution in [-0.4, -0.2) is 35.5 Å². The number of ether oxygens (including phenoxy) is 1. The summed E-state index contributed by atoms with van der Waals surface area (Å²) in [6.45, 7) is 5.79. The molecule has 0 aliphatic carbocycles. The Morgan fingerprint density at radius 3 is 2.66 bits per heavy atom. The Labute approximate surface area is 187 Å². The van der Waals surface area contributed by atoms with Crippen molar-refractivity contribution in [2.75, 3.05) is 30.3 Å². The van der Waals surface area contributed by atoms with Crippen molar-refractivity contribution in [2.24, 2.45) is 5.92 Å². The number of nitrogens with zero attached hydrogens (tertiary/aromatic N) is 3. The van der Waals surface area contributed by atoms with Gasteiger partial charge in [0.2, 0.25) is 5.91 Å². The highest BCUT2D eigenvalue weighted by molar-refractivity contribution is 5.87. The Balaban J connectivity index is 1.54. The molecule has 7 heteroatoms. The van der Waals surface area contributed by atoms with Crippen LogP contribution >= 0.6 is 0 Å². The van der Waals surface area contributed by atoms with Crippen molar-refractivity contribution in [1.82, 2.24) is 15.3 Å². The van der Waals surface area contributed by atoms with Gasteiger partial charge in [-0.05, 0) is 54.7 Å². The molecule has 1 fully saturated rings. The number of hydrogen-bond acceptors (Lipinski definition) is 6. The minimum atomic E-state index is -0.146. The van der Waals surface area contributed by atoms with Crippen molar-refractivity contribution in [3.05, 3.63) is 73.6 Å². The molecule has 0 radical (unpaired) electrons. The molecule has 1 aliphatic heterocycles. The maximum Gasteiger partial charge on any atom is 0.243 e. The van der Waals surface area contributed by atoms with Gasteiger partial charge in [-0.2, -0.15) is 0 Å². The molecule has 1 unspecified atom stereocenters. The molecule has 164 valence electrons. The van der Waals surface area contributed by atoms with E-state index in [-0.39, 0.29) is 5.91 Å². The van der Waals surface area contributed by atoms with E-state index in [1.165, 1.54) is 12.4 Å². The van der Waals surface area contributed by atoms with Gasteiger partial charge in [-0.15, -0.1) is 0 Å². The van der Waals surface area contributed by atoms with Crippen LogP contribution in [-0.2, 0) is 4.79 Å². The Kier molecular flexibility index (Phi) is 6.65. The molecule has 2 heterocycles. The van der Waals surface area contributed by atoms with Crippen molar-refractivity contribution in [1.29, 1.82) is 0 Å². The summed E-state index contributed by atoms with van der Waals surface area (Å²) in [6.07, 6.45) is 4.87. The fourth-order valence-electron chi connectivity index (χ4n) is 3.96. The van der Waals surface area contributed by atoms with E-state index in [1.54, 1.807) is 0 Å². The van der Waals surface area contributed by atoms with Gasteiger partial charge in [0, 0.05) is 19.6 Å². The molecule has 1 aliphatic rings. The quantitative estimate of drug-likeness (QED) is 0.551. The maximum absolute atomic E-state index is 11.5. The number of hydrogen-bond donors (Lipinski definition) is 2. The summed E-state index contributed by atoms with van der Waals surface area (Å²) in [5.74, 6) is 2.97. The molecule has 4 rings (SSSR count). The molecule has 3 aromatic rings. The molecule has 0 spiro atoms. The van der Waals surface area contributed by atoms with Crippen LogP contribution in [0.5, 0.6) is 11.5 Å². The number of nitrogens with two attached hydrogens (primary N) is 1. The summed E-state index contributed by atoms with van der Waals surface area (Å²) < 4.78 is 5.90. The van der Waals surface area contributed by atoms with Crippen LogP contribution in [0.15, 0.2) is 73.6 Å². The standard InChI is InChI=1S/C25H27N5O2/c1-2-22(31)27-15-18-7-6-14-30(16-18)25-23(24(26)28-17-29-25)19-10-12-21(13-11-19)32-20-8-4-3-5-9-20/h2-5,8-13,17-18H,1,6-7,14-16H2,(H,27,31)(H2,26,28,29). The Morgan fingerprint density at radius 1 is 1.16 bits per heavy atom. The van der Waals surface area contributed by atoms with E-state index in [9.17, 15) is 4.79 Å². The molecule has 0 bridgehead atoms. The number of anilines is 2. The van der Waals surface area contributed by atoms with Gasteiger partial charge in [-0.25, -0.2) is 9.97 Å². The third-order valence-electron chi connectivity index (χ3n) is 5.55. The molecule has 0 saturated carbocycles. The number of nitrogens with one attached hydrogen (secondary N) is 1. The van der Waals surface area contributed by atoms with Crippen LogP contribution in [0, 0.1) is 5.92 Å². The lowest BCUT2D eigenvalue weighted by atomic mass is 9.97. The Bertz CT molecular complexity index is 1070. The van der Waals surface area contributed by atoms with E-state index in [0.717, 1.165) is 54.4 Å². The first-order valence-corrected chi connectivity index (χ1v) is 10.7. The van der Waals surface area contributed by atoms with E-state index in [0.29, 0.717) is 18.3 Å². The van der Waals surface area contributed by atoms with E-state index < -0.39 is 0 Å². The third kappa shape index (κ3) is 5.06. The second-order valence-corrected chi connectivity index (χ2v) is 7.80. The van der Waals surface area contributed by atoms with Crippen LogP contribution in [0.1, 0.15) is 12.8 Å². The van der Waals surface area contributed by atoms with Crippen molar-refractivity contribution in [2.45, 2.75) is 12.8 Å². The van der Waals surface area contributed by atoms with Gasteiger partial charge in [-0.1, -0.05) is 36.9 Å². The summed E-state index contributed by atoms with van der Waals surface area (Å²) in [7, 11) is 0. The smallest absolute Gasteiger partial charge is 0.243 e. The Hall–Kier alpha value is -3.87. The zero-order chi connectivity index (χ0) is 22.3. The average Bonchev–Trinajstić information content (AvgIpc) is 2.84. The lowest BCUT2D eigenvalue weighted by molar-refractivity contribution is -0.116. The minimum absolute atomic E-state index is 0.146. The predicted octanol–water partition coefficient (Wildman–Crippen LogP) is 4.04. The second-order valence-electron chi connectivity index (χ2n) is 7.80. The molecular formula is C25H27N5O2. The van der Waals surface area contributed by atoms with E-state index in [4.69, 9.17) is 10.5 Å². The molecule has 7 nitrogen and oxygen atoms in total. The van der Waals surface area contributed by atoms with Crippen molar-refractivity contribution in [3.63, 3.8) is 0 Å². The number of rotatable bonds is 7. The number of piperidine rings is 1. The number of carbonyl (C=O) groups excluding carboxylic acids is 1. The SMILES string of the molecule is C=CC(=O)NCC1CCCN(c2ncnc(N)c2-c2ccc(Oc3ccccc3)cc2)C1. The van der Waals surface area contributed by atoms with Crippen molar-refractivity contribution < 1.29 is 9.53 Å². The molecule has 32 heavy (non-hydrogen) atoms. The van der Waals surface area contributed by atoms with Gasteiger partial charge in [0.1, 0.15) is 29.5 Å². The number of amides is 1. The zero-order valence-corrected chi connectivity index (χ0v) is 17.9. The summed E-state index contributed by atoms with van der Waals surface area (Å²) in [6, 6.07) is 17.4. The van der Waals surface area contributed by atoms with E-state index in [1.807, 2.05) is 54.6 Å². The Morgan fingerprint density at radius 2 is 1.91 bits per heavy atom. The van der Waals surface area contributed by atoms with Crippen molar-refractivity contribution in [3.8, 4) is 22.6 Å². The summed E-state index contributed by atoms with van der Waals surface area (Å²) in [5, 5.41) is 2.90. The third-order valence-corrected chi connectivity index (χ3v) is 5.55. The molecular weight excluding hydrogens is 402 g/mol. The van der Waals surface area contributed by atoms with Crippen LogP contribution in [0.25, 0.3) is 11.1 Å². The normalized spacial score (nSPS) is 15.8. The van der Waals surface area contributed by atoms with Crippen LogP contribution < -0.4 is 20.7 Å². The van der Waals surface area contributed by atoms with Crippen molar-refractivity contribution >= 4 is 17.5 Å². The molecule has 1 atom stereocenters. The lowest BCUT2D eigenvalue weighted by Crippen LogP contribution is -2.41. The van der Waals surface area contributed by atoms with E-state index >= 15 is 0 Å². The summed E-state index contributed by atoms with van der Waals surface area (Å²) in [4.78, 5) is 22.6. The molecule has 1 amide bonds. The molecule has 1 aromatic heterocycles. The molecule has 3 N–H and O–H groups in total. The fourth-order valence-corrected chi connectivity index (χ4v) is 3.96. The van der Waals surface area contributed by atoms with E-state index in [2.05, 4.69) is 26.8 Å². The molecule has 1 saturated heterocycles. The average molecular weight is 430 g/mol. The first-order valence-electron chi connectivity index (χ1n) is 10.7. The number of benzene rings is 2. The number of carbonyl (C=O) groups is 1. The first kappa shape index (κ1) is 21.4. The lowest BCUT2D eigenvalue weighted by Gasteiger charge is -2.34. The number of aromatic nitrogens is 2. The highest BCUT2D eigenvalue weighted by atomic mass is 16.5. The van der Waals surface area contributed by atoms with Crippen LogP contribution in [0.2, 0.25) is 0 Å². The first-order chi connectivity index (χ1) is 15.6. The molecule has 2 aromatic carbocycles. The zero-order valence-electron chi connectivity index (χ0n) is 17.9. The van der Waals surface area contributed by atoms with Gasteiger partial charge >= 0.3 is 0 Å². The second kappa shape index (κ2) is 9.96. The topological polar surface area (TPSA) is 93.4 Å². The largest absolute Gasteiger partial charge is 0.457 e. The predicted molar refractivity (Wildman–Crippen MR) is 127 cm³/mol. The van der Waals surface area contributed by atoms with Gasteiger partial charge in [0.15, 0.2) is 0 Å². The van der Waals surface area contributed by atoms with Gasteiger partial charge in [-0.3, -0.25) is 4.79 Å². The highest BCUT2D eigenvalue weighted by Crippen LogP contribution is 2.36. The highest BCUT2D eigenvalue weighted by Gasteiger charge is 2.25. The van der Waals surface area contributed by atoms with Gasteiger partial charge in [0.05, 0.1) is 5.56 Å². The maximum atomic E-state index is 11.5. The summed E-state index contributed by atoms with van der Waals surface area (Å²) >= 11 is 0. The number of para-hydroxylation sites is 1. The van der Waals surface area contributed by atoms with Crippen LogP contribution in [0.4, 0.5) is 11.6 Å². The number of nitrogen functional groups attached to an aromatic ring is 1. The van der Waals surface area contributed by atoms with Gasteiger partial charge in [0.25, 0.3) is 0 Å². The fraction of sp³-hybridized carbons (Fsp3) is 0.240. The van der Waals surface area contributed by atoms with Gasteiger partial charge < -0.3 is 20.7 Å². The monoisotopic (exact) mass is 429 g/mol. The van der Waals surface area contributed by atoms with Crippen LogP contribution in [0.3, 0.4) is 0 Å². The minimum Gasteiger partial charge on any atom is -0.457 e.